The molecule has 0 radical (unpaired) electrons. The zero-order chi connectivity index (χ0) is 14.4. The molecule has 0 spiro atoms. The average Bonchev–Trinajstić information content (AvgIpc) is 2.43. The standard InChI is InChI=1S/C16H21NO3/c1-3-12(2)19-8-4-5-13-6-7-15(11-17-13)20-16-9-14(18)10-16/h6-7,11-12,14,16,18H,3,8-10H2,1-2H3. The minimum Gasteiger partial charge on any atom is -0.489 e. The van der Waals surface area contributed by atoms with E-state index in [9.17, 15) is 5.11 Å². The van der Waals surface area contributed by atoms with Crippen LogP contribution in [-0.2, 0) is 4.74 Å². The minimum absolute atomic E-state index is 0.118. The summed E-state index contributed by atoms with van der Waals surface area (Å²) in [6.45, 7) is 4.54. The number of hydrogen-bond donors (Lipinski definition) is 1. The van der Waals surface area contributed by atoms with Gasteiger partial charge in [0, 0.05) is 12.8 Å². The first kappa shape index (κ1) is 14.8. The Hall–Kier alpha value is -1.57. The predicted octanol–water partition coefficient (Wildman–Crippen LogP) is 2.15. The van der Waals surface area contributed by atoms with Crippen LogP contribution in [0.5, 0.6) is 5.75 Å². The van der Waals surface area contributed by atoms with E-state index >= 15 is 0 Å². The van der Waals surface area contributed by atoms with E-state index in [-0.39, 0.29) is 18.3 Å². The van der Waals surface area contributed by atoms with Crippen LogP contribution in [0.4, 0.5) is 0 Å². The fourth-order valence-electron chi connectivity index (χ4n) is 1.78. The highest BCUT2D eigenvalue weighted by molar-refractivity contribution is 5.31. The van der Waals surface area contributed by atoms with E-state index in [1.807, 2.05) is 19.1 Å². The third kappa shape index (κ3) is 4.52. The fourth-order valence-corrected chi connectivity index (χ4v) is 1.78. The molecule has 1 unspecified atom stereocenters. The molecule has 1 fully saturated rings. The molecule has 1 atom stereocenters. The number of aromatic nitrogens is 1. The van der Waals surface area contributed by atoms with Gasteiger partial charge in [0.05, 0.1) is 18.4 Å². The molecule has 1 heterocycles. The second kappa shape index (κ2) is 7.28. The van der Waals surface area contributed by atoms with Gasteiger partial charge in [-0.1, -0.05) is 12.8 Å². The van der Waals surface area contributed by atoms with Crippen LogP contribution in [0.1, 0.15) is 38.8 Å². The minimum atomic E-state index is -0.205. The van der Waals surface area contributed by atoms with Crippen LogP contribution in [0.3, 0.4) is 0 Å². The van der Waals surface area contributed by atoms with Crippen molar-refractivity contribution in [3.63, 3.8) is 0 Å². The van der Waals surface area contributed by atoms with E-state index in [0.717, 1.165) is 12.2 Å². The second-order valence-electron chi connectivity index (χ2n) is 5.08. The summed E-state index contributed by atoms with van der Waals surface area (Å²) in [5.74, 6) is 6.63. The predicted molar refractivity (Wildman–Crippen MR) is 76.5 cm³/mol. The van der Waals surface area contributed by atoms with Gasteiger partial charge in [-0.25, -0.2) is 4.98 Å². The van der Waals surface area contributed by atoms with Gasteiger partial charge in [0.15, 0.2) is 0 Å². The van der Waals surface area contributed by atoms with Crippen molar-refractivity contribution in [2.75, 3.05) is 6.61 Å². The van der Waals surface area contributed by atoms with Crippen molar-refractivity contribution >= 4 is 0 Å². The van der Waals surface area contributed by atoms with Crippen LogP contribution in [0, 0.1) is 11.8 Å². The zero-order valence-corrected chi connectivity index (χ0v) is 12.0. The van der Waals surface area contributed by atoms with Crippen molar-refractivity contribution in [3.05, 3.63) is 24.0 Å². The number of hydrogen-bond acceptors (Lipinski definition) is 4. The molecule has 1 aliphatic carbocycles. The first-order chi connectivity index (χ1) is 9.67. The Balaban J connectivity index is 1.78. The number of nitrogens with zero attached hydrogens (tertiary/aromatic N) is 1. The third-order valence-corrected chi connectivity index (χ3v) is 3.34. The Morgan fingerprint density at radius 1 is 1.45 bits per heavy atom. The molecule has 0 aliphatic heterocycles. The summed E-state index contributed by atoms with van der Waals surface area (Å²) in [6.07, 6.45) is 4.22. The molecule has 2 rings (SSSR count). The molecular weight excluding hydrogens is 254 g/mol. The average molecular weight is 275 g/mol. The SMILES string of the molecule is CCC(C)OCC#Cc1ccc(OC2CC(O)C2)cn1. The van der Waals surface area contributed by atoms with Crippen LogP contribution in [-0.4, -0.2) is 35.0 Å². The highest BCUT2D eigenvalue weighted by Crippen LogP contribution is 2.25. The Kier molecular flexibility index (Phi) is 5.40. The number of rotatable bonds is 5. The molecule has 4 nitrogen and oxygen atoms in total. The summed E-state index contributed by atoms with van der Waals surface area (Å²) in [7, 11) is 0. The monoisotopic (exact) mass is 275 g/mol. The molecule has 0 bridgehead atoms. The first-order valence-corrected chi connectivity index (χ1v) is 7.08. The van der Waals surface area contributed by atoms with Gasteiger partial charge in [-0.05, 0) is 31.4 Å². The van der Waals surface area contributed by atoms with E-state index in [2.05, 4.69) is 23.7 Å². The number of pyridine rings is 1. The smallest absolute Gasteiger partial charge is 0.138 e. The van der Waals surface area contributed by atoms with Crippen LogP contribution in [0.25, 0.3) is 0 Å². The molecular formula is C16H21NO3. The van der Waals surface area contributed by atoms with Gasteiger partial charge in [0.2, 0.25) is 0 Å². The zero-order valence-electron chi connectivity index (χ0n) is 12.0. The van der Waals surface area contributed by atoms with Crippen molar-refractivity contribution in [2.24, 2.45) is 0 Å². The molecule has 1 aliphatic rings. The lowest BCUT2D eigenvalue weighted by atomic mass is 9.92. The summed E-state index contributed by atoms with van der Waals surface area (Å²) in [5, 5.41) is 9.19. The third-order valence-electron chi connectivity index (χ3n) is 3.34. The van der Waals surface area contributed by atoms with Gasteiger partial charge in [-0.3, -0.25) is 0 Å². The maximum Gasteiger partial charge on any atom is 0.138 e. The van der Waals surface area contributed by atoms with Gasteiger partial charge in [0.1, 0.15) is 24.2 Å². The number of ether oxygens (including phenoxy) is 2. The number of aliphatic hydroxyl groups excluding tert-OH is 1. The lowest BCUT2D eigenvalue weighted by Crippen LogP contribution is -2.37. The normalized spacial score (nSPS) is 22.4. The highest BCUT2D eigenvalue weighted by atomic mass is 16.5. The Bertz CT molecular complexity index is 469. The van der Waals surface area contributed by atoms with Gasteiger partial charge >= 0.3 is 0 Å². The van der Waals surface area contributed by atoms with Crippen molar-refractivity contribution in [2.45, 2.75) is 51.4 Å². The molecule has 20 heavy (non-hydrogen) atoms. The van der Waals surface area contributed by atoms with E-state index in [1.165, 1.54) is 0 Å². The van der Waals surface area contributed by atoms with Crippen LogP contribution >= 0.6 is 0 Å². The second-order valence-corrected chi connectivity index (χ2v) is 5.08. The van der Waals surface area contributed by atoms with Gasteiger partial charge in [0.25, 0.3) is 0 Å². The van der Waals surface area contributed by atoms with E-state index in [1.54, 1.807) is 6.20 Å². The molecule has 4 heteroatoms. The highest BCUT2D eigenvalue weighted by Gasteiger charge is 2.28. The van der Waals surface area contributed by atoms with Crippen LogP contribution in [0.2, 0.25) is 0 Å². The van der Waals surface area contributed by atoms with Gasteiger partial charge in [-0.15, -0.1) is 0 Å². The Morgan fingerprint density at radius 3 is 2.85 bits per heavy atom. The molecule has 1 aromatic rings. The van der Waals surface area contributed by atoms with Crippen LogP contribution < -0.4 is 4.74 Å². The summed E-state index contributed by atoms with van der Waals surface area (Å²) < 4.78 is 11.1. The summed E-state index contributed by atoms with van der Waals surface area (Å²) >= 11 is 0. The van der Waals surface area contributed by atoms with Crippen molar-refractivity contribution in [3.8, 4) is 17.6 Å². The van der Waals surface area contributed by atoms with E-state index in [4.69, 9.17) is 9.47 Å². The molecule has 1 saturated carbocycles. The van der Waals surface area contributed by atoms with E-state index < -0.39 is 0 Å². The molecule has 0 amide bonds. The fraction of sp³-hybridized carbons (Fsp3) is 0.562. The molecule has 1 N–H and O–H groups in total. The lowest BCUT2D eigenvalue weighted by Gasteiger charge is -2.31. The van der Waals surface area contributed by atoms with Gasteiger partial charge in [-0.2, -0.15) is 0 Å². The van der Waals surface area contributed by atoms with Crippen molar-refractivity contribution in [1.82, 2.24) is 4.98 Å². The Morgan fingerprint density at radius 2 is 2.25 bits per heavy atom. The maximum absolute atomic E-state index is 9.19. The number of aliphatic hydroxyl groups is 1. The molecule has 1 aromatic heterocycles. The lowest BCUT2D eigenvalue weighted by molar-refractivity contribution is -0.0109. The van der Waals surface area contributed by atoms with E-state index in [0.29, 0.717) is 25.1 Å². The summed E-state index contributed by atoms with van der Waals surface area (Å²) in [4.78, 5) is 4.23. The van der Waals surface area contributed by atoms with Crippen molar-refractivity contribution in [1.29, 1.82) is 0 Å². The Labute approximate surface area is 120 Å². The van der Waals surface area contributed by atoms with Crippen molar-refractivity contribution < 1.29 is 14.6 Å². The van der Waals surface area contributed by atoms with Gasteiger partial charge < -0.3 is 14.6 Å². The largest absolute Gasteiger partial charge is 0.489 e. The first-order valence-electron chi connectivity index (χ1n) is 7.08. The topological polar surface area (TPSA) is 51.6 Å². The quantitative estimate of drug-likeness (QED) is 0.837. The summed E-state index contributed by atoms with van der Waals surface area (Å²) in [5.41, 5.74) is 0.707. The molecule has 108 valence electrons. The maximum atomic E-state index is 9.19. The molecule has 0 aromatic carbocycles. The van der Waals surface area contributed by atoms with Crippen LogP contribution in [0.15, 0.2) is 18.3 Å². The molecule has 0 saturated heterocycles. The summed E-state index contributed by atoms with van der Waals surface area (Å²) in [6, 6.07) is 3.69.